The summed E-state index contributed by atoms with van der Waals surface area (Å²) >= 11 is 0. The van der Waals surface area contributed by atoms with Crippen LogP contribution in [-0.4, -0.2) is 24.4 Å². The second-order valence-corrected chi connectivity index (χ2v) is 5.08. The summed E-state index contributed by atoms with van der Waals surface area (Å²) < 4.78 is 10.3. The molecule has 21 heavy (non-hydrogen) atoms. The standard InChI is InChI=1S/C17H20O4/c1-10-5-14(18)16(20-3)8-12(10)7-13-9-17(21-4)15(19)6-11(13)2/h5-6,8-9,18-19H,7H2,1-4H3. The summed E-state index contributed by atoms with van der Waals surface area (Å²) in [6.45, 7) is 3.89. The van der Waals surface area contributed by atoms with Crippen LogP contribution in [0.15, 0.2) is 24.3 Å². The largest absolute Gasteiger partial charge is 0.504 e. The van der Waals surface area contributed by atoms with Gasteiger partial charge in [-0.25, -0.2) is 0 Å². The van der Waals surface area contributed by atoms with Gasteiger partial charge in [0.05, 0.1) is 14.2 Å². The Morgan fingerprint density at radius 2 is 1.14 bits per heavy atom. The van der Waals surface area contributed by atoms with Gasteiger partial charge in [0.2, 0.25) is 0 Å². The van der Waals surface area contributed by atoms with Crippen molar-refractivity contribution >= 4 is 0 Å². The lowest BCUT2D eigenvalue weighted by molar-refractivity contribution is 0.372. The first-order valence-corrected chi connectivity index (χ1v) is 6.69. The van der Waals surface area contributed by atoms with Gasteiger partial charge in [-0.15, -0.1) is 0 Å². The smallest absolute Gasteiger partial charge is 0.160 e. The van der Waals surface area contributed by atoms with Gasteiger partial charge < -0.3 is 19.7 Å². The fraction of sp³-hybridized carbons (Fsp3) is 0.294. The summed E-state index contributed by atoms with van der Waals surface area (Å²) in [6, 6.07) is 7.06. The summed E-state index contributed by atoms with van der Waals surface area (Å²) in [5, 5.41) is 19.6. The van der Waals surface area contributed by atoms with Gasteiger partial charge in [-0.2, -0.15) is 0 Å². The van der Waals surface area contributed by atoms with Crippen LogP contribution in [0.5, 0.6) is 23.0 Å². The van der Waals surface area contributed by atoms with Crippen molar-refractivity contribution in [1.82, 2.24) is 0 Å². The predicted molar refractivity (Wildman–Crippen MR) is 81.6 cm³/mol. The number of benzene rings is 2. The second-order valence-electron chi connectivity index (χ2n) is 5.08. The molecular weight excluding hydrogens is 268 g/mol. The van der Waals surface area contributed by atoms with Crippen molar-refractivity contribution in [3.8, 4) is 23.0 Å². The Balaban J connectivity index is 2.42. The van der Waals surface area contributed by atoms with Gasteiger partial charge in [-0.3, -0.25) is 0 Å². The zero-order valence-corrected chi connectivity index (χ0v) is 12.7. The third kappa shape index (κ3) is 3.05. The van der Waals surface area contributed by atoms with Gasteiger partial charge in [0, 0.05) is 0 Å². The van der Waals surface area contributed by atoms with E-state index in [1.54, 1.807) is 12.1 Å². The summed E-state index contributed by atoms with van der Waals surface area (Å²) in [6.07, 6.45) is 0.672. The highest BCUT2D eigenvalue weighted by molar-refractivity contribution is 5.51. The van der Waals surface area contributed by atoms with E-state index in [4.69, 9.17) is 9.47 Å². The maximum Gasteiger partial charge on any atom is 0.160 e. The molecule has 0 atom stereocenters. The first-order chi connectivity index (χ1) is 9.96. The maximum absolute atomic E-state index is 9.78. The van der Waals surface area contributed by atoms with E-state index in [1.165, 1.54) is 14.2 Å². The fourth-order valence-electron chi connectivity index (χ4n) is 2.34. The molecule has 0 spiro atoms. The molecular formula is C17H20O4. The van der Waals surface area contributed by atoms with E-state index >= 15 is 0 Å². The molecule has 0 unspecified atom stereocenters. The van der Waals surface area contributed by atoms with Crippen molar-refractivity contribution in [2.75, 3.05) is 14.2 Å². The zero-order valence-electron chi connectivity index (χ0n) is 12.7. The third-order valence-corrected chi connectivity index (χ3v) is 3.66. The highest BCUT2D eigenvalue weighted by Crippen LogP contribution is 2.33. The number of phenols is 2. The molecule has 0 radical (unpaired) electrons. The minimum Gasteiger partial charge on any atom is -0.504 e. The van der Waals surface area contributed by atoms with Gasteiger partial charge >= 0.3 is 0 Å². The second kappa shape index (κ2) is 5.95. The molecule has 0 aromatic heterocycles. The van der Waals surface area contributed by atoms with Gasteiger partial charge in [-0.1, -0.05) is 0 Å². The van der Waals surface area contributed by atoms with Crippen LogP contribution >= 0.6 is 0 Å². The van der Waals surface area contributed by atoms with Crippen molar-refractivity contribution in [1.29, 1.82) is 0 Å². The molecule has 2 rings (SSSR count). The molecule has 0 saturated carbocycles. The van der Waals surface area contributed by atoms with Crippen molar-refractivity contribution in [2.24, 2.45) is 0 Å². The number of rotatable bonds is 4. The molecule has 0 aliphatic rings. The van der Waals surface area contributed by atoms with E-state index in [-0.39, 0.29) is 11.5 Å². The van der Waals surface area contributed by atoms with Crippen molar-refractivity contribution in [3.05, 3.63) is 46.5 Å². The summed E-state index contributed by atoms with van der Waals surface area (Å²) in [5.74, 6) is 1.19. The van der Waals surface area contributed by atoms with E-state index in [2.05, 4.69) is 0 Å². The average molecular weight is 288 g/mol. The Morgan fingerprint density at radius 3 is 1.48 bits per heavy atom. The minimum atomic E-state index is 0.138. The Hall–Kier alpha value is -2.36. The zero-order chi connectivity index (χ0) is 15.6. The Bertz CT molecular complexity index is 605. The lowest BCUT2D eigenvalue weighted by Crippen LogP contribution is -1.97. The molecule has 0 amide bonds. The normalized spacial score (nSPS) is 10.5. The van der Waals surface area contributed by atoms with Crippen LogP contribution in [0.2, 0.25) is 0 Å². The first-order valence-electron chi connectivity index (χ1n) is 6.69. The number of hydrogen-bond donors (Lipinski definition) is 2. The number of aryl methyl sites for hydroxylation is 2. The van der Waals surface area contributed by atoms with Gasteiger partial charge in [0.1, 0.15) is 0 Å². The van der Waals surface area contributed by atoms with Gasteiger partial charge in [0.15, 0.2) is 23.0 Å². The van der Waals surface area contributed by atoms with Gasteiger partial charge in [0.25, 0.3) is 0 Å². The molecule has 112 valence electrons. The Morgan fingerprint density at radius 1 is 0.762 bits per heavy atom. The van der Waals surface area contributed by atoms with Gasteiger partial charge in [-0.05, 0) is 66.8 Å². The van der Waals surface area contributed by atoms with E-state index in [0.717, 1.165) is 22.3 Å². The summed E-state index contributed by atoms with van der Waals surface area (Å²) in [5.41, 5.74) is 4.08. The van der Waals surface area contributed by atoms with Crippen LogP contribution in [0.3, 0.4) is 0 Å². The molecule has 4 nitrogen and oxygen atoms in total. The number of phenolic OH excluding ortho intramolecular Hbond substituents is 2. The molecule has 0 heterocycles. The molecule has 0 saturated heterocycles. The van der Waals surface area contributed by atoms with Crippen LogP contribution in [0.25, 0.3) is 0 Å². The van der Waals surface area contributed by atoms with E-state index in [1.807, 2.05) is 26.0 Å². The third-order valence-electron chi connectivity index (χ3n) is 3.66. The average Bonchev–Trinajstić information content (AvgIpc) is 2.44. The molecule has 0 bridgehead atoms. The lowest BCUT2D eigenvalue weighted by Gasteiger charge is -2.13. The molecule has 0 fully saturated rings. The van der Waals surface area contributed by atoms with E-state index in [0.29, 0.717) is 17.9 Å². The Kier molecular flexibility index (Phi) is 4.26. The first kappa shape index (κ1) is 15.0. The molecule has 2 aromatic rings. The maximum atomic E-state index is 9.78. The quantitative estimate of drug-likeness (QED) is 0.906. The minimum absolute atomic E-state index is 0.138. The predicted octanol–water partition coefficient (Wildman–Crippen LogP) is 3.32. The summed E-state index contributed by atoms with van der Waals surface area (Å²) in [4.78, 5) is 0. The topological polar surface area (TPSA) is 58.9 Å². The van der Waals surface area contributed by atoms with Crippen molar-refractivity contribution in [2.45, 2.75) is 20.3 Å². The van der Waals surface area contributed by atoms with E-state index < -0.39 is 0 Å². The van der Waals surface area contributed by atoms with Crippen LogP contribution in [0.4, 0.5) is 0 Å². The van der Waals surface area contributed by atoms with Crippen LogP contribution in [-0.2, 0) is 6.42 Å². The number of ether oxygens (including phenoxy) is 2. The highest BCUT2D eigenvalue weighted by Gasteiger charge is 2.11. The highest BCUT2D eigenvalue weighted by atomic mass is 16.5. The van der Waals surface area contributed by atoms with Crippen molar-refractivity contribution in [3.63, 3.8) is 0 Å². The molecule has 4 heteroatoms. The van der Waals surface area contributed by atoms with Crippen LogP contribution in [0, 0.1) is 13.8 Å². The lowest BCUT2D eigenvalue weighted by atomic mass is 9.96. The van der Waals surface area contributed by atoms with Crippen molar-refractivity contribution < 1.29 is 19.7 Å². The Labute approximate surface area is 124 Å². The van der Waals surface area contributed by atoms with Crippen LogP contribution < -0.4 is 9.47 Å². The molecule has 2 N–H and O–H groups in total. The SMILES string of the molecule is COc1cc(Cc2cc(OC)c(O)cc2C)c(C)cc1O. The monoisotopic (exact) mass is 288 g/mol. The number of hydrogen-bond acceptors (Lipinski definition) is 4. The van der Waals surface area contributed by atoms with E-state index in [9.17, 15) is 10.2 Å². The van der Waals surface area contributed by atoms with Crippen LogP contribution in [0.1, 0.15) is 22.3 Å². The fourth-order valence-corrected chi connectivity index (χ4v) is 2.34. The molecule has 0 aliphatic carbocycles. The molecule has 0 aliphatic heterocycles. The number of methoxy groups -OCH3 is 2. The number of aromatic hydroxyl groups is 2. The molecule has 2 aromatic carbocycles. The summed E-state index contributed by atoms with van der Waals surface area (Å²) in [7, 11) is 3.06.